The molecule has 1 amide bonds. The molecule has 0 aliphatic carbocycles. The SMILES string of the molecule is O=C(c1ccc([S+](c2ccccc2)c2ccccc2)cc1)N(CCO)CCO. The number of nitrogens with zero attached hydrogens (tertiary/aromatic N) is 1. The first-order valence-corrected chi connectivity index (χ1v) is 10.4. The minimum Gasteiger partial charge on any atom is -0.395 e. The number of aliphatic hydroxyl groups excluding tert-OH is 2. The van der Waals surface area contributed by atoms with Gasteiger partial charge < -0.3 is 15.1 Å². The number of amides is 1. The summed E-state index contributed by atoms with van der Waals surface area (Å²) in [7, 11) is -0.259. The van der Waals surface area contributed by atoms with Crippen LogP contribution in [0.15, 0.2) is 99.6 Å². The summed E-state index contributed by atoms with van der Waals surface area (Å²) in [4.78, 5) is 17.7. The van der Waals surface area contributed by atoms with Crippen molar-refractivity contribution in [2.24, 2.45) is 0 Å². The van der Waals surface area contributed by atoms with Crippen molar-refractivity contribution in [2.75, 3.05) is 26.3 Å². The molecule has 0 aliphatic heterocycles. The molecule has 0 heterocycles. The third-order valence-electron chi connectivity index (χ3n) is 4.32. The van der Waals surface area contributed by atoms with E-state index in [1.807, 2.05) is 60.7 Å². The molecule has 3 aromatic rings. The van der Waals surface area contributed by atoms with Crippen molar-refractivity contribution in [1.82, 2.24) is 4.90 Å². The number of rotatable bonds is 8. The first-order chi connectivity index (χ1) is 13.7. The largest absolute Gasteiger partial charge is 0.395 e. The lowest BCUT2D eigenvalue weighted by Gasteiger charge is -2.20. The maximum atomic E-state index is 12.7. The average molecular weight is 395 g/mol. The Bertz CT molecular complexity index is 824. The van der Waals surface area contributed by atoms with E-state index in [1.165, 1.54) is 14.7 Å². The second-order valence-corrected chi connectivity index (χ2v) is 8.22. The van der Waals surface area contributed by atoms with Gasteiger partial charge in [0.2, 0.25) is 0 Å². The molecular weight excluding hydrogens is 370 g/mol. The molecule has 0 unspecified atom stereocenters. The lowest BCUT2D eigenvalue weighted by molar-refractivity contribution is 0.0685. The van der Waals surface area contributed by atoms with Crippen molar-refractivity contribution in [2.45, 2.75) is 14.7 Å². The quantitative estimate of drug-likeness (QED) is 0.577. The Balaban J connectivity index is 1.92. The minimum absolute atomic E-state index is 0.130. The number of aliphatic hydroxyl groups is 2. The zero-order chi connectivity index (χ0) is 19.8. The van der Waals surface area contributed by atoms with E-state index in [9.17, 15) is 4.79 Å². The van der Waals surface area contributed by atoms with E-state index in [2.05, 4.69) is 24.3 Å². The summed E-state index contributed by atoms with van der Waals surface area (Å²) in [6, 6.07) is 28.3. The van der Waals surface area contributed by atoms with Crippen molar-refractivity contribution in [3.05, 3.63) is 90.5 Å². The monoisotopic (exact) mass is 394 g/mol. The van der Waals surface area contributed by atoms with Crippen LogP contribution < -0.4 is 0 Å². The van der Waals surface area contributed by atoms with E-state index in [0.29, 0.717) is 5.56 Å². The lowest BCUT2D eigenvalue weighted by Crippen LogP contribution is -2.35. The highest BCUT2D eigenvalue weighted by molar-refractivity contribution is 7.97. The van der Waals surface area contributed by atoms with Crippen molar-refractivity contribution in [3.63, 3.8) is 0 Å². The molecule has 3 aromatic carbocycles. The fourth-order valence-corrected chi connectivity index (χ4v) is 5.08. The molecule has 0 aliphatic rings. The maximum Gasteiger partial charge on any atom is 0.254 e. The fourth-order valence-electron chi connectivity index (χ4n) is 2.99. The number of hydrogen-bond donors (Lipinski definition) is 2. The Morgan fingerprint density at radius 1 is 0.679 bits per heavy atom. The molecule has 4 nitrogen and oxygen atoms in total. The average Bonchev–Trinajstić information content (AvgIpc) is 2.75. The summed E-state index contributed by atoms with van der Waals surface area (Å²) in [5, 5.41) is 18.3. The van der Waals surface area contributed by atoms with Crippen molar-refractivity contribution < 1.29 is 15.0 Å². The molecule has 0 saturated carbocycles. The molecule has 2 N–H and O–H groups in total. The van der Waals surface area contributed by atoms with Gasteiger partial charge in [-0.1, -0.05) is 36.4 Å². The predicted molar refractivity (Wildman–Crippen MR) is 112 cm³/mol. The first kappa shape index (κ1) is 20.1. The van der Waals surface area contributed by atoms with Crippen molar-refractivity contribution in [1.29, 1.82) is 0 Å². The van der Waals surface area contributed by atoms with E-state index < -0.39 is 0 Å². The van der Waals surface area contributed by atoms with Gasteiger partial charge in [0.05, 0.1) is 24.1 Å². The fraction of sp³-hybridized carbons (Fsp3) is 0.174. The summed E-state index contributed by atoms with van der Waals surface area (Å²) in [5.74, 6) is -0.186. The maximum absolute atomic E-state index is 12.7. The van der Waals surface area contributed by atoms with Crippen LogP contribution >= 0.6 is 0 Å². The zero-order valence-corrected chi connectivity index (χ0v) is 16.4. The summed E-state index contributed by atoms with van der Waals surface area (Å²) in [6.45, 7) is 0.156. The van der Waals surface area contributed by atoms with Crippen LogP contribution in [-0.2, 0) is 10.9 Å². The first-order valence-electron chi connectivity index (χ1n) is 9.20. The van der Waals surface area contributed by atoms with Crippen molar-refractivity contribution in [3.8, 4) is 0 Å². The van der Waals surface area contributed by atoms with Gasteiger partial charge in [-0.3, -0.25) is 4.79 Å². The van der Waals surface area contributed by atoms with Crippen LogP contribution in [-0.4, -0.2) is 47.3 Å². The van der Waals surface area contributed by atoms with Crippen LogP contribution in [0.3, 0.4) is 0 Å². The number of hydrogen-bond acceptors (Lipinski definition) is 3. The molecule has 28 heavy (non-hydrogen) atoms. The topological polar surface area (TPSA) is 60.8 Å². The molecule has 0 fully saturated rings. The lowest BCUT2D eigenvalue weighted by atomic mass is 10.2. The smallest absolute Gasteiger partial charge is 0.254 e. The van der Waals surface area contributed by atoms with Crippen molar-refractivity contribution >= 4 is 16.8 Å². The normalized spacial score (nSPS) is 10.8. The Morgan fingerprint density at radius 3 is 1.54 bits per heavy atom. The van der Waals surface area contributed by atoms with Crippen LogP contribution in [0.2, 0.25) is 0 Å². The molecule has 5 heteroatoms. The molecule has 0 atom stereocenters. The standard InChI is InChI=1S/C23H24NO3S/c25-17-15-24(16-18-26)23(27)19-11-13-22(14-12-19)28(20-7-3-1-4-8-20)21-9-5-2-6-10-21/h1-14,25-26H,15-18H2/q+1. The van der Waals surface area contributed by atoms with E-state index in [4.69, 9.17) is 10.2 Å². The number of carbonyl (C=O) groups is 1. The third-order valence-corrected chi connectivity index (χ3v) is 6.55. The highest BCUT2D eigenvalue weighted by atomic mass is 32.2. The molecule has 0 radical (unpaired) electrons. The van der Waals surface area contributed by atoms with Gasteiger partial charge in [0.15, 0.2) is 14.7 Å². The summed E-state index contributed by atoms with van der Waals surface area (Å²) >= 11 is 0. The van der Waals surface area contributed by atoms with Gasteiger partial charge in [0, 0.05) is 18.7 Å². The number of benzene rings is 3. The van der Waals surface area contributed by atoms with Crippen LogP contribution in [0.5, 0.6) is 0 Å². The molecular formula is C23H24NO3S+. The second-order valence-electron chi connectivity index (χ2n) is 6.20. The zero-order valence-electron chi connectivity index (χ0n) is 15.6. The minimum atomic E-state index is -0.259. The van der Waals surface area contributed by atoms with E-state index in [-0.39, 0.29) is 43.1 Å². The molecule has 3 rings (SSSR count). The number of carbonyl (C=O) groups excluding carboxylic acids is 1. The Labute approximate surface area is 168 Å². The summed E-state index contributed by atoms with van der Waals surface area (Å²) in [5.41, 5.74) is 0.551. The highest BCUT2D eigenvalue weighted by Crippen LogP contribution is 2.31. The van der Waals surface area contributed by atoms with Crippen LogP contribution in [0.25, 0.3) is 0 Å². The van der Waals surface area contributed by atoms with E-state index in [1.54, 1.807) is 0 Å². The Hall–Kier alpha value is -2.60. The molecule has 0 saturated heterocycles. The molecule has 0 spiro atoms. The highest BCUT2D eigenvalue weighted by Gasteiger charge is 2.28. The van der Waals surface area contributed by atoms with Gasteiger partial charge >= 0.3 is 0 Å². The Morgan fingerprint density at radius 2 is 1.11 bits per heavy atom. The molecule has 0 bridgehead atoms. The van der Waals surface area contributed by atoms with E-state index >= 15 is 0 Å². The summed E-state index contributed by atoms with van der Waals surface area (Å²) < 4.78 is 0. The van der Waals surface area contributed by atoms with E-state index in [0.717, 1.165) is 4.90 Å². The third kappa shape index (κ3) is 4.81. The molecule has 144 valence electrons. The van der Waals surface area contributed by atoms with Gasteiger partial charge in [0.1, 0.15) is 0 Å². The van der Waals surface area contributed by atoms with Crippen LogP contribution in [0.4, 0.5) is 0 Å². The summed E-state index contributed by atoms with van der Waals surface area (Å²) in [6.07, 6.45) is 0. The van der Waals surface area contributed by atoms with Crippen LogP contribution in [0, 0.1) is 0 Å². The van der Waals surface area contributed by atoms with Crippen LogP contribution in [0.1, 0.15) is 10.4 Å². The second kappa shape index (κ2) is 10.1. The Kier molecular flexibility index (Phi) is 7.25. The van der Waals surface area contributed by atoms with Gasteiger partial charge in [-0.05, 0) is 48.5 Å². The molecule has 0 aromatic heterocycles. The van der Waals surface area contributed by atoms with Gasteiger partial charge in [-0.25, -0.2) is 0 Å². The van der Waals surface area contributed by atoms with Gasteiger partial charge in [-0.2, -0.15) is 0 Å². The predicted octanol–water partition coefficient (Wildman–Crippen LogP) is 3.21. The van der Waals surface area contributed by atoms with Gasteiger partial charge in [-0.15, -0.1) is 0 Å². The van der Waals surface area contributed by atoms with Gasteiger partial charge in [0.25, 0.3) is 5.91 Å².